The van der Waals surface area contributed by atoms with Crippen molar-refractivity contribution in [2.24, 2.45) is 0 Å². The number of hydrogen-bond donors (Lipinski definition) is 2. The monoisotopic (exact) mass is 426 g/mol. The number of carbonyl (C=O) groups excluding carboxylic acids is 1. The number of nitrogens with one attached hydrogen (secondary N) is 2. The van der Waals surface area contributed by atoms with Gasteiger partial charge in [0.25, 0.3) is 0 Å². The molecule has 156 valence electrons. The molecule has 2 aromatic carbocycles. The van der Waals surface area contributed by atoms with Crippen molar-refractivity contribution in [1.82, 2.24) is 15.5 Å². The van der Waals surface area contributed by atoms with Gasteiger partial charge in [0.05, 0.1) is 18.8 Å². The van der Waals surface area contributed by atoms with Crippen LogP contribution in [0.25, 0.3) is 11.3 Å². The maximum Gasteiger partial charge on any atom is 0.319 e. The summed E-state index contributed by atoms with van der Waals surface area (Å²) in [6, 6.07) is 16.2. The van der Waals surface area contributed by atoms with Crippen molar-refractivity contribution >= 4 is 23.3 Å². The lowest BCUT2D eigenvalue weighted by Crippen LogP contribution is -2.32. The Kier molecular flexibility index (Phi) is 7.45. The molecule has 0 spiro atoms. The highest BCUT2D eigenvalue weighted by atomic mass is 35.5. The van der Waals surface area contributed by atoms with E-state index in [1.807, 2.05) is 50.2 Å². The molecule has 0 atom stereocenters. The predicted octanol–water partition coefficient (Wildman–Crippen LogP) is 4.70. The van der Waals surface area contributed by atoms with Gasteiger partial charge >= 0.3 is 6.03 Å². The Hall–Kier alpha value is -3.32. The van der Waals surface area contributed by atoms with Crippen LogP contribution in [0, 0.1) is 6.92 Å². The average molecular weight is 427 g/mol. The van der Waals surface area contributed by atoms with E-state index in [-0.39, 0.29) is 12.6 Å². The number of aromatic nitrogens is 2. The summed E-state index contributed by atoms with van der Waals surface area (Å²) in [6.07, 6.45) is 0. The molecule has 0 unspecified atom stereocenters. The van der Waals surface area contributed by atoms with E-state index in [1.54, 1.807) is 18.2 Å². The number of nitrogens with zero attached hydrogens (tertiary/aromatic N) is 2. The number of hydrogen-bond acceptors (Lipinski definition) is 5. The summed E-state index contributed by atoms with van der Waals surface area (Å²) in [7, 11) is 0. The van der Waals surface area contributed by atoms with E-state index in [0.717, 1.165) is 22.6 Å². The molecule has 0 aliphatic heterocycles. The Morgan fingerprint density at radius 2 is 1.83 bits per heavy atom. The normalized spacial score (nSPS) is 10.4. The molecule has 0 saturated heterocycles. The van der Waals surface area contributed by atoms with Gasteiger partial charge in [-0.05, 0) is 61.9 Å². The molecule has 3 aromatic rings. The van der Waals surface area contributed by atoms with Crippen molar-refractivity contribution in [3.8, 4) is 22.9 Å². The lowest BCUT2D eigenvalue weighted by Gasteiger charge is -2.09. The Balaban J connectivity index is 1.42. The summed E-state index contributed by atoms with van der Waals surface area (Å²) in [5, 5.41) is 14.3. The van der Waals surface area contributed by atoms with Crippen LogP contribution in [0.15, 0.2) is 54.6 Å². The van der Waals surface area contributed by atoms with Crippen LogP contribution in [0.5, 0.6) is 11.6 Å². The van der Waals surface area contributed by atoms with Gasteiger partial charge < -0.3 is 20.1 Å². The number of rotatable bonds is 8. The molecule has 7 nitrogen and oxygen atoms in total. The minimum absolute atomic E-state index is 0.263. The summed E-state index contributed by atoms with van der Waals surface area (Å²) in [6.45, 7) is 5.05. The topological polar surface area (TPSA) is 85.4 Å². The molecule has 0 aliphatic rings. The van der Waals surface area contributed by atoms with E-state index in [1.165, 1.54) is 0 Å². The Bertz CT molecular complexity index is 979. The summed E-state index contributed by atoms with van der Waals surface area (Å²) in [4.78, 5) is 11.9. The first kappa shape index (κ1) is 21.4. The second kappa shape index (κ2) is 10.5. The number of ether oxygens (including phenoxy) is 2. The second-order valence-electron chi connectivity index (χ2n) is 6.41. The minimum atomic E-state index is -0.338. The Labute approximate surface area is 180 Å². The smallest absolute Gasteiger partial charge is 0.319 e. The first-order chi connectivity index (χ1) is 14.5. The maximum absolute atomic E-state index is 11.9. The number of carbonyl (C=O) groups is 1. The molecule has 3 rings (SSSR count). The fourth-order valence-corrected chi connectivity index (χ4v) is 2.79. The van der Waals surface area contributed by atoms with E-state index in [0.29, 0.717) is 29.7 Å². The number of aryl methyl sites for hydroxylation is 1. The first-order valence-electron chi connectivity index (χ1n) is 9.56. The third-order valence-corrected chi connectivity index (χ3v) is 4.58. The molecule has 30 heavy (non-hydrogen) atoms. The molecule has 0 radical (unpaired) electrons. The molecule has 8 heteroatoms. The summed E-state index contributed by atoms with van der Waals surface area (Å²) in [5.74, 6) is 1.20. The van der Waals surface area contributed by atoms with Gasteiger partial charge in [0.15, 0.2) is 0 Å². The molecule has 2 amide bonds. The van der Waals surface area contributed by atoms with Crippen LogP contribution in [0.3, 0.4) is 0 Å². The predicted molar refractivity (Wildman–Crippen MR) is 117 cm³/mol. The molecular formula is C22H23ClN4O3. The van der Waals surface area contributed by atoms with Crippen LogP contribution in [0.4, 0.5) is 10.5 Å². The van der Waals surface area contributed by atoms with Gasteiger partial charge in [0.1, 0.15) is 12.4 Å². The van der Waals surface area contributed by atoms with Crippen molar-refractivity contribution in [2.75, 3.05) is 25.1 Å². The van der Waals surface area contributed by atoms with E-state index < -0.39 is 0 Å². The molecule has 1 heterocycles. The van der Waals surface area contributed by atoms with Crippen molar-refractivity contribution in [1.29, 1.82) is 0 Å². The van der Waals surface area contributed by atoms with E-state index in [2.05, 4.69) is 20.8 Å². The summed E-state index contributed by atoms with van der Waals surface area (Å²) >= 11 is 6.05. The largest absolute Gasteiger partial charge is 0.494 e. The quantitative estimate of drug-likeness (QED) is 0.510. The number of amides is 2. The first-order valence-corrected chi connectivity index (χ1v) is 9.93. The second-order valence-corrected chi connectivity index (χ2v) is 6.81. The molecular weight excluding hydrogens is 404 g/mol. The highest BCUT2D eigenvalue weighted by molar-refractivity contribution is 6.31. The van der Waals surface area contributed by atoms with Crippen LogP contribution in [-0.4, -0.2) is 36.0 Å². The molecule has 0 aliphatic carbocycles. The zero-order valence-electron chi connectivity index (χ0n) is 16.8. The highest BCUT2D eigenvalue weighted by Gasteiger charge is 2.05. The summed E-state index contributed by atoms with van der Waals surface area (Å²) in [5.41, 5.74) is 3.25. The third kappa shape index (κ3) is 6.09. The Morgan fingerprint density at radius 1 is 1.03 bits per heavy atom. The maximum atomic E-state index is 11.9. The number of urea groups is 1. The molecule has 0 fully saturated rings. The van der Waals surface area contributed by atoms with Crippen LogP contribution in [0.1, 0.15) is 12.5 Å². The van der Waals surface area contributed by atoms with Gasteiger partial charge in [-0.25, -0.2) is 4.79 Å². The molecule has 0 bridgehead atoms. The van der Waals surface area contributed by atoms with Crippen LogP contribution in [-0.2, 0) is 0 Å². The number of halogens is 1. The minimum Gasteiger partial charge on any atom is -0.494 e. The fourth-order valence-electron chi connectivity index (χ4n) is 2.61. The van der Waals surface area contributed by atoms with Gasteiger partial charge in [0, 0.05) is 22.3 Å². The molecule has 0 saturated carbocycles. The zero-order chi connectivity index (χ0) is 21.3. The van der Waals surface area contributed by atoms with E-state index in [4.69, 9.17) is 21.1 Å². The SMILES string of the molecule is CCOc1ccc(-c2ccc(OCCNC(=O)Nc3ccc(C)c(Cl)c3)nn2)cc1. The van der Waals surface area contributed by atoms with Crippen molar-refractivity contribution in [3.63, 3.8) is 0 Å². The van der Waals surface area contributed by atoms with Gasteiger partial charge in [-0.2, -0.15) is 0 Å². The van der Waals surface area contributed by atoms with E-state index in [9.17, 15) is 4.79 Å². The lowest BCUT2D eigenvalue weighted by molar-refractivity contribution is 0.246. The van der Waals surface area contributed by atoms with Crippen LogP contribution in [0.2, 0.25) is 5.02 Å². The average Bonchev–Trinajstić information content (AvgIpc) is 2.75. The Morgan fingerprint density at radius 3 is 2.50 bits per heavy atom. The van der Waals surface area contributed by atoms with E-state index >= 15 is 0 Å². The third-order valence-electron chi connectivity index (χ3n) is 4.17. The standard InChI is InChI=1S/C22H23ClN4O3/c1-3-29-18-8-5-16(6-9-18)20-10-11-21(27-26-20)30-13-12-24-22(28)25-17-7-4-15(2)19(23)14-17/h4-11,14H,3,12-13H2,1-2H3,(H2,24,25,28). The highest BCUT2D eigenvalue weighted by Crippen LogP contribution is 2.21. The molecule has 1 aromatic heterocycles. The summed E-state index contributed by atoms with van der Waals surface area (Å²) < 4.78 is 11.0. The van der Waals surface area contributed by atoms with Crippen LogP contribution >= 0.6 is 11.6 Å². The van der Waals surface area contributed by atoms with Gasteiger partial charge in [-0.15, -0.1) is 10.2 Å². The van der Waals surface area contributed by atoms with Gasteiger partial charge in [0.2, 0.25) is 5.88 Å². The fraction of sp³-hybridized carbons (Fsp3) is 0.227. The van der Waals surface area contributed by atoms with Gasteiger partial charge in [-0.1, -0.05) is 17.7 Å². The molecule has 2 N–H and O–H groups in total. The van der Waals surface area contributed by atoms with Crippen molar-refractivity contribution in [3.05, 3.63) is 65.2 Å². The zero-order valence-corrected chi connectivity index (χ0v) is 17.6. The number of benzene rings is 2. The van der Waals surface area contributed by atoms with Crippen molar-refractivity contribution in [2.45, 2.75) is 13.8 Å². The number of anilines is 1. The van der Waals surface area contributed by atoms with Crippen molar-refractivity contribution < 1.29 is 14.3 Å². The van der Waals surface area contributed by atoms with Crippen LogP contribution < -0.4 is 20.1 Å². The lowest BCUT2D eigenvalue weighted by atomic mass is 10.1. The van der Waals surface area contributed by atoms with Gasteiger partial charge in [-0.3, -0.25) is 0 Å².